The molecular weight excluding hydrogens is 228 g/mol. The first-order valence-corrected chi connectivity index (χ1v) is 5.93. The molecule has 0 atom stereocenters. The summed E-state index contributed by atoms with van der Waals surface area (Å²) in [5.41, 5.74) is 2.49. The Morgan fingerprint density at radius 1 is 1.22 bits per heavy atom. The summed E-state index contributed by atoms with van der Waals surface area (Å²) in [5, 5.41) is 0. The fourth-order valence-electron chi connectivity index (χ4n) is 1.93. The van der Waals surface area contributed by atoms with Crippen LogP contribution in [0.3, 0.4) is 0 Å². The monoisotopic (exact) mass is 244 g/mol. The summed E-state index contributed by atoms with van der Waals surface area (Å²) in [5.74, 6) is 1.79. The first-order valence-electron chi connectivity index (χ1n) is 5.93. The Labute approximate surface area is 106 Å². The van der Waals surface area contributed by atoms with E-state index in [1.165, 1.54) is 11.1 Å². The fraction of sp³-hybridized carbons (Fsp3) is 0.267. The number of aldehydes is 1. The predicted molar refractivity (Wildman–Crippen MR) is 69.4 cm³/mol. The minimum absolute atomic E-state index is 0.264. The highest BCUT2D eigenvalue weighted by atomic mass is 16.6. The van der Waals surface area contributed by atoms with Crippen LogP contribution in [-0.2, 0) is 0 Å². The number of benzene rings is 1. The Hall–Kier alpha value is -2.03. The highest BCUT2D eigenvalue weighted by Gasteiger charge is 2.07. The van der Waals surface area contributed by atoms with E-state index >= 15 is 0 Å². The van der Waals surface area contributed by atoms with Crippen LogP contribution < -0.4 is 4.74 Å². The molecule has 0 N–H and O–H groups in total. The van der Waals surface area contributed by atoms with E-state index in [2.05, 4.69) is 26.8 Å². The van der Waals surface area contributed by atoms with Crippen LogP contribution in [0.25, 0.3) is 0 Å². The Bertz CT molecular complexity index is 553. The first kappa shape index (κ1) is 12.4. The molecular formula is C15H16O3. The van der Waals surface area contributed by atoms with Crippen molar-refractivity contribution >= 4 is 6.29 Å². The van der Waals surface area contributed by atoms with Crippen molar-refractivity contribution in [1.82, 2.24) is 0 Å². The molecule has 0 aliphatic rings. The van der Waals surface area contributed by atoms with Crippen LogP contribution in [-0.4, -0.2) is 6.29 Å². The van der Waals surface area contributed by atoms with Crippen LogP contribution in [0.5, 0.6) is 11.7 Å². The molecule has 0 saturated carbocycles. The lowest BCUT2D eigenvalue weighted by Crippen LogP contribution is -1.92. The van der Waals surface area contributed by atoms with Crippen LogP contribution in [0.2, 0.25) is 0 Å². The van der Waals surface area contributed by atoms with Crippen LogP contribution >= 0.6 is 0 Å². The third kappa shape index (κ3) is 2.62. The van der Waals surface area contributed by atoms with Crippen molar-refractivity contribution in [1.29, 1.82) is 0 Å². The second kappa shape index (κ2) is 5.08. The molecule has 0 saturated heterocycles. The van der Waals surface area contributed by atoms with Crippen molar-refractivity contribution < 1.29 is 13.9 Å². The molecule has 1 heterocycles. The van der Waals surface area contributed by atoms with E-state index < -0.39 is 0 Å². The molecule has 0 amide bonds. The first-order chi connectivity index (χ1) is 8.60. The van der Waals surface area contributed by atoms with Gasteiger partial charge in [0, 0.05) is 6.07 Å². The molecule has 18 heavy (non-hydrogen) atoms. The van der Waals surface area contributed by atoms with Gasteiger partial charge in [0.15, 0.2) is 12.0 Å². The quantitative estimate of drug-likeness (QED) is 0.752. The number of ether oxygens (including phenoxy) is 1. The highest BCUT2D eigenvalue weighted by Crippen LogP contribution is 2.27. The lowest BCUT2D eigenvalue weighted by atomic mass is 9.98. The fourth-order valence-corrected chi connectivity index (χ4v) is 1.93. The Kier molecular flexibility index (Phi) is 3.51. The number of furan rings is 1. The molecule has 0 fully saturated rings. The minimum Gasteiger partial charge on any atom is -0.426 e. The van der Waals surface area contributed by atoms with E-state index in [0.717, 1.165) is 0 Å². The van der Waals surface area contributed by atoms with Crippen LogP contribution in [0, 0.1) is 6.92 Å². The van der Waals surface area contributed by atoms with Crippen molar-refractivity contribution in [2.24, 2.45) is 0 Å². The van der Waals surface area contributed by atoms with Crippen molar-refractivity contribution in [2.45, 2.75) is 26.7 Å². The van der Waals surface area contributed by atoms with Gasteiger partial charge in [-0.25, -0.2) is 0 Å². The van der Waals surface area contributed by atoms with Crippen molar-refractivity contribution in [3.63, 3.8) is 0 Å². The maximum absolute atomic E-state index is 10.5. The molecule has 1 aromatic carbocycles. The van der Waals surface area contributed by atoms with E-state index in [9.17, 15) is 4.79 Å². The maximum atomic E-state index is 10.5. The normalized spacial score (nSPS) is 10.7. The summed E-state index contributed by atoms with van der Waals surface area (Å²) >= 11 is 0. The van der Waals surface area contributed by atoms with Gasteiger partial charge in [-0.05, 0) is 42.2 Å². The van der Waals surface area contributed by atoms with Crippen molar-refractivity contribution in [2.75, 3.05) is 0 Å². The Morgan fingerprint density at radius 3 is 2.56 bits per heavy atom. The lowest BCUT2D eigenvalue weighted by molar-refractivity contribution is 0.109. The molecule has 1 aromatic heterocycles. The summed E-state index contributed by atoms with van der Waals surface area (Å²) in [6.07, 6.45) is 0.653. The summed E-state index contributed by atoms with van der Waals surface area (Å²) < 4.78 is 10.7. The molecule has 0 spiro atoms. The zero-order valence-corrected chi connectivity index (χ0v) is 10.8. The SMILES string of the molecule is Cc1cc(Oc2ccc(C=O)o2)ccc1C(C)C. The van der Waals surface area contributed by atoms with Gasteiger partial charge in [0.25, 0.3) is 5.95 Å². The Morgan fingerprint density at radius 2 is 2.00 bits per heavy atom. The molecule has 3 nitrogen and oxygen atoms in total. The Balaban J connectivity index is 2.19. The average molecular weight is 244 g/mol. The van der Waals surface area contributed by atoms with E-state index in [-0.39, 0.29) is 5.76 Å². The lowest BCUT2D eigenvalue weighted by Gasteiger charge is -2.11. The summed E-state index contributed by atoms with van der Waals surface area (Å²) in [6.45, 7) is 6.37. The second-order valence-corrected chi connectivity index (χ2v) is 4.55. The van der Waals surface area contributed by atoms with Crippen LogP contribution in [0.15, 0.2) is 34.7 Å². The highest BCUT2D eigenvalue weighted by molar-refractivity contribution is 5.70. The zero-order valence-electron chi connectivity index (χ0n) is 10.8. The van der Waals surface area contributed by atoms with Gasteiger partial charge in [0.1, 0.15) is 5.75 Å². The molecule has 0 aliphatic heterocycles. The predicted octanol–water partition coefficient (Wildman–Crippen LogP) is 4.32. The molecule has 0 aliphatic carbocycles. The van der Waals surface area contributed by atoms with Gasteiger partial charge < -0.3 is 9.15 Å². The van der Waals surface area contributed by atoms with E-state index in [4.69, 9.17) is 9.15 Å². The number of hydrogen-bond donors (Lipinski definition) is 0. The van der Waals surface area contributed by atoms with Crippen molar-refractivity contribution in [3.8, 4) is 11.7 Å². The summed E-state index contributed by atoms with van der Waals surface area (Å²) in [7, 11) is 0. The van der Waals surface area contributed by atoms with E-state index in [0.29, 0.717) is 23.9 Å². The molecule has 2 rings (SSSR count). The smallest absolute Gasteiger partial charge is 0.290 e. The van der Waals surface area contributed by atoms with Gasteiger partial charge in [-0.15, -0.1) is 0 Å². The van der Waals surface area contributed by atoms with Gasteiger partial charge in [-0.3, -0.25) is 4.79 Å². The van der Waals surface area contributed by atoms with E-state index in [1.54, 1.807) is 12.1 Å². The number of hydrogen-bond acceptors (Lipinski definition) is 3. The molecule has 0 unspecified atom stereocenters. The van der Waals surface area contributed by atoms with Crippen LogP contribution in [0.4, 0.5) is 0 Å². The number of carbonyl (C=O) groups excluding carboxylic acids is 1. The zero-order chi connectivity index (χ0) is 13.1. The molecule has 0 bridgehead atoms. The van der Waals surface area contributed by atoms with Crippen LogP contribution in [0.1, 0.15) is 41.4 Å². The molecule has 94 valence electrons. The number of carbonyl (C=O) groups is 1. The van der Waals surface area contributed by atoms with E-state index in [1.807, 2.05) is 12.1 Å². The average Bonchev–Trinajstić information content (AvgIpc) is 2.76. The van der Waals surface area contributed by atoms with Crippen molar-refractivity contribution in [3.05, 3.63) is 47.2 Å². The number of aryl methyl sites for hydroxylation is 1. The minimum atomic E-state index is 0.264. The third-order valence-electron chi connectivity index (χ3n) is 2.80. The van der Waals surface area contributed by atoms with Gasteiger partial charge >= 0.3 is 0 Å². The maximum Gasteiger partial charge on any atom is 0.290 e. The summed E-state index contributed by atoms with van der Waals surface area (Å²) in [6, 6.07) is 9.15. The molecule has 2 aromatic rings. The summed E-state index contributed by atoms with van der Waals surface area (Å²) in [4.78, 5) is 10.5. The van der Waals surface area contributed by atoms with Gasteiger partial charge in [0.05, 0.1) is 0 Å². The van der Waals surface area contributed by atoms with Gasteiger partial charge in [0.2, 0.25) is 0 Å². The molecule has 0 radical (unpaired) electrons. The topological polar surface area (TPSA) is 39.4 Å². The number of rotatable bonds is 4. The standard InChI is InChI=1S/C15H16O3/c1-10(2)14-6-4-12(8-11(14)3)17-15-7-5-13(9-16)18-15/h4-10H,1-3H3. The van der Waals surface area contributed by atoms with Gasteiger partial charge in [-0.1, -0.05) is 19.9 Å². The largest absolute Gasteiger partial charge is 0.426 e. The molecule has 3 heteroatoms. The second-order valence-electron chi connectivity index (χ2n) is 4.55. The third-order valence-corrected chi connectivity index (χ3v) is 2.80. The van der Waals surface area contributed by atoms with Gasteiger partial charge in [-0.2, -0.15) is 0 Å².